The molecule has 2 rings (SSSR count). The van der Waals surface area contributed by atoms with Crippen LogP contribution in [0.2, 0.25) is 0 Å². The van der Waals surface area contributed by atoms with Gasteiger partial charge in [0.25, 0.3) is 0 Å². The van der Waals surface area contributed by atoms with Crippen molar-refractivity contribution in [2.45, 2.75) is 20.3 Å². The molecule has 0 amide bonds. The summed E-state index contributed by atoms with van der Waals surface area (Å²) in [4.78, 5) is 4.21. The quantitative estimate of drug-likeness (QED) is 0.804. The second-order valence-corrected chi connectivity index (χ2v) is 4.24. The van der Waals surface area contributed by atoms with Gasteiger partial charge in [-0.25, -0.2) is 4.39 Å². The van der Waals surface area contributed by atoms with E-state index in [2.05, 4.69) is 11.1 Å². The number of nitriles is 1. The number of hydrogen-bond donors (Lipinski definition) is 0. The molecule has 0 atom stereocenters. The number of aromatic nitrogens is 1. The molecule has 0 bridgehead atoms. The third kappa shape index (κ3) is 2.23. The second-order valence-electron chi connectivity index (χ2n) is 4.24. The van der Waals surface area contributed by atoms with Gasteiger partial charge in [-0.3, -0.25) is 4.98 Å². The van der Waals surface area contributed by atoms with Crippen LogP contribution in [0.4, 0.5) is 4.39 Å². The molecule has 1 heterocycles. The van der Waals surface area contributed by atoms with Crippen molar-refractivity contribution < 1.29 is 4.39 Å². The van der Waals surface area contributed by atoms with Gasteiger partial charge in [-0.05, 0) is 42.7 Å². The van der Waals surface area contributed by atoms with E-state index in [1.54, 1.807) is 19.2 Å². The lowest BCUT2D eigenvalue weighted by atomic mass is 9.96. The number of benzene rings is 1. The molecule has 0 aliphatic heterocycles. The highest BCUT2D eigenvalue weighted by Crippen LogP contribution is 2.28. The molecule has 0 spiro atoms. The summed E-state index contributed by atoms with van der Waals surface area (Å²) in [5, 5.41) is 8.59. The molecule has 90 valence electrons. The van der Waals surface area contributed by atoms with Gasteiger partial charge in [0.15, 0.2) is 0 Å². The topological polar surface area (TPSA) is 36.7 Å². The molecule has 0 N–H and O–H groups in total. The van der Waals surface area contributed by atoms with Gasteiger partial charge in [0.1, 0.15) is 5.82 Å². The maximum atomic E-state index is 13.6. The van der Waals surface area contributed by atoms with Crippen molar-refractivity contribution in [3.8, 4) is 17.2 Å². The van der Waals surface area contributed by atoms with Crippen molar-refractivity contribution in [1.82, 2.24) is 4.98 Å². The first-order valence-corrected chi connectivity index (χ1v) is 5.71. The van der Waals surface area contributed by atoms with Gasteiger partial charge < -0.3 is 0 Å². The zero-order valence-corrected chi connectivity index (χ0v) is 10.4. The number of nitrogens with zero attached hydrogens (tertiary/aromatic N) is 2. The monoisotopic (exact) mass is 240 g/mol. The van der Waals surface area contributed by atoms with E-state index in [4.69, 9.17) is 5.26 Å². The Hall–Kier alpha value is -2.21. The van der Waals surface area contributed by atoms with Gasteiger partial charge >= 0.3 is 0 Å². The molecule has 0 fully saturated rings. The molecule has 0 aliphatic rings. The van der Waals surface area contributed by atoms with Crippen LogP contribution < -0.4 is 0 Å². The lowest BCUT2D eigenvalue weighted by Gasteiger charge is -2.10. The van der Waals surface area contributed by atoms with Crippen LogP contribution in [0.3, 0.4) is 0 Å². The summed E-state index contributed by atoms with van der Waals surface area (Å²) in [6.45, 7) is 3.71. The summed E-state index contributed by atoms with van der Waals surface area (Å²) < 4.78 is 13.6. The lowest BCUT2D eigenvalue weighted by Crippen LogP contribution is -1.94. The molecule has 18 heavy (non-hydrogen) atoms. The van der Waals surface area contributed by atoms with Gasteiger partial charge in [-0.1, -0.05) is 12.1 Å². The van der Waals surface area contributed by atoms with E-state index in [0.717, 1.165) is 22.4 Å². The first-order chi connectivity index (χ1) is 8.63. The number of hydrogen-bond acceptors (Lipinski definition) is 2. The SMILES string of the molecule is Cc1ccc(F)c(C)c1-c1ccc(CC#N)nc1. The fourth-order valence-corrected chi connectivity index (χ4v) is 2.02. The Morgan fingerprint density at radius 1 is 1.22 bits per heavy atom. The average molecular weight is 240 g/mol. The van der Waals surface area contributed by atoms with Crippen LogP contribution >= 0.6 is 0 Å². The molecule has 2 aromatic rings. The molecule has 0 saturated carbocycles. The van der Waals surface area contributed by atoms with Gasteiger partial charge in [-0.2, -0.15) is 5.26 Å². The van der Waals surface area contributed by atoms with Crippen molar-refractivity contribution in [3.63, 3.8) is 0 Å². The second kappa shape index (κ2) is 4.97. The minimum absolute atomic E-state index is 0.211. The van der Waals surface area contributed by atoms with E-state index < -0.39 is 0 Å². The van der Waals surface area contributed by atoms with Crippen LogP contribution in [0.5, 0.6) is 0 Å². The van der Waals surface area contributed by atoms with E-state index in [0.29, 0.717) is 12.0 Å². The first-order valence-electron chi connectivity index (χ1n) is 5.71. The fourth-order valence-electron chi connectivity index (χ4n) is 2.02. The van der Waals surface area contributed by atoms with Gasteiger partial charge in [0, 0.05) is 11.8 Å². The van der Waals surface area contributed by atoms with Crippen LogP contribution in [0.25, 0.3) is 11.1 Å². The summed E-state index contributed by atoms with van der Waals surface area (Å²) in [5.74, 6) is -0.211. The highest BCUT2D eigenvalue weighted by atomic mass is 19.1. The maximum absolute atomic E-state index is 13.6. The van der Waals surface area contributed by atoms with E-state index in [1.807, 2.05) is 19.1 Å². The van der Waals surface area contributed by atoms with Crippen LogP contribution in [0, 0.1) is 31.0 Å². The van der Waals surface area contributed by atoms with Crippen LogP contribution in [-0.2, 0) is 6.42 Å². The van der Waals surface area contributed by atoms with Crippen LogP contribution in [0.1, 0.15) is 16.8 Å². The molecule has 2 nitrogen and oxygen atoms in total. The van der Waals surface area contributed by atoms with Gasteiger partial charge in [-0.15, -0.1) is 0 Å². The standard InChI is InChI=1S/C15H13FN2/c1-10-3-6-14(16)11(2)15(10)12-4-5-13(7-8-17)18-9-12/h3-6,9H,7H2,1-2H3. The summed E-state index contributed by atoms with van der Waals surface area (Å²) in [7, 11) is 0. The van der Waals surface area contributed by atoms with Crippen molar-refractivity contribution >= 4 is 0 Å². The Bertz CT molecular complexity index is 610. The van der Waals surface area contributed by atoms with Gasteiger partial charge in [0.2, 0.25) is 0 Å². The minimum Gasteiger partial charge on any atom is -0.260 e. The van der Waals surface area contributed by atoms with E-state index in [-0.39, 0.29) is 5.82 Å². The number of aryl methyl sites for hydroxylation is 1. The van der Waals surface area contributed by atoms with Crippen molar-refractivity contribution in [2.75, 3.05) is 0 Å². The molecule has 3 heteroatoms. The molecule has 1 aromatic heterocycles. The summed E-state index contributed by atoms with van der Waals surface area (Å²) in [6, 6.07) is 8.99. The molecular weight excluding hydrogens is 227 g/mol. The number of rotatable bonds is 2. The van der Waals surface area contributed by atoms with Crippen LogP contribution in [-0.4, -0.2) is 4.98 Å². The Kier molecular flexibility index (Phi) is 3.38. The normalized spacial score (nSPS) is 10.1. The first kappa shape index (κ1) is 12.3. The Balaban J connectivity index is 2.49. The number of halogens is 1. The molecule has 0 radical (unpaired) electrons. The predicted octanol–water partition coefficient (Wildman–Crippen LogP) is 3.57. The van der Waals surface area contributed by atoms with Crippen molar-refractivity contribution in [2.24, 2.45) is 0 Å². The zero-order valence-electron chi connectivity index (χ0n) is 10.4. The Labute approximate surface area is 106 Å². The zero-order chi connectivity index (χ0) is 13.1. The predicted molar refractivity (Wildman–Crippen MR) is 68.4 cm³/mol. The van der Waals surface area contributed by atoms with Gasteiger partial charge in [0.05, 0.1) is 18.2 Å². The third-order valence-corrected chi connectivity index (χ3v) is 2.98. The smallest absolute Gasteiger partial charge is 0.126 e. The fraction of sp³-hybridized carbons (Fsp3) is 0.200. The Morgan fingerprint density at radius 3 is 2.61 bits per heavy atom. The molecular formula is C15H13FN2. The minimum atomic E-state index is -0.211. The van der Waals surface area contributed by atoms with Crippen molar-refractivity contribution in [3.05, 3.63) is 53.1 Å². The summed E-state index contributed by atoms with van der Waals surface area (Å²) in [5.41, 5.74) is 4.14. The molecule has 1 aromatic carbocycles. The van der Waals surface area contributed by atoms with E-state index in [1.165, 1.54) is 6.07 Å². The highest BCUT2D eigenvalue weighted by molar-refractivity contribution is 5.70. The molecule has 0 aliphatic carbocycles. The largest absolute Gasteiger partial charge is 0.260 e. The highest BCUT2D eigenvalue weighted by Gasteiger charge is 2.09. The van der Waals surface area contributed by atoms with E-state index >= 15 is 0 Å². The molecule has 0 unspecified atom stereocenters. The average Bonchev–Trinajstić information content (AvgIpc) is 2.37. The summed E-state index contributed by atoms with van der Waals surface area (Å²) in [6.07, 6.45) is 1.99. The lowest BCUT2D eigenvalue weighted by molar-refractivity contribution is 0.618. The summed E-state index contributed by atoms with van der Waals surface area (Å²) >= 11 is 0. The van der Waals surface area contributed by atoms with Crippen molar-refractivity contribution in [1.29, 1.82) is 5.26 Å². The van der Waals surface area contributed by atoms with Crippen LogP contribution in [0.15, 0.2) is 30.5 Å². The molecule has 0 saturated heterocycles. The third-order valence-electron chi connectivity index (χ3n) is 2.98. The maximum Gasteiger partial charge on any atom is 0.126 e. The Morgan fingerprint density at radius 2 is 2.00 bits per heavy atom. The van der Waals surface area contributed by atoms with E-state index in [9.17, 15) is 4.39 Å². The number of pyridine rings is 1.